The number of nitriles is 1. The average molecular weight is 375 g/mol. The average Bonchev–Trinajstić information content (AvgIpc) is 3.27. The molecule has 0 saturated carbocycles. The molecule has 2 aromatic rings. The standard InChI is InChI=1S/C23H25N3O2/c1-3-25-22-11-10-20(28-2)15-21(22)19(16-24)14-17-6-8-18(9-7-17)23(27)26-12-4-5-13-26/h6-11,14-15,25H,3-5,12-13H2,1-2H3/b19-14+. The van der Waals surface area contributed by atoms with Crippen LogP contribution in [-0.4, -0.2) is 37.6 Å². The van der Waals surface area contributed by atoms with Crippen LogP contribution in [0.1, 0.15) is 41.3 Å². The molecule has 0 bridgehead atoms. The molecule has 2 aromatic carbocycles. The summed E-state index contributed by atoms with van der Waals surface area (Å²) >= 11 is 0. The molecule has 5 nitrogen and oxygen atoms in total. The molecule has 0 aromatic heterocycles. The molecule has 0 aliphatic carbocycles. The topological polar surface area (TPSA) is 65.4 Å². The first-order valence-electron chi connectivity index (χ1n) is 9.59. The van der Waals surface area contributed by atoms with E-state index in [1.165, 1.54) is 0 Å². The molecule has 28 heavy (non-hydrogen) atoms. The van der Waals surface area contributed by atoms with Gasteiger partial charge in [0.1, 0.15) is 5.75 Å². The third-order valence-electron chi connectivity index (χ3n) is 4.87. The SMILES string of the molecule is CCNc1ccc(OC)cc1/C(C#N)=C/c1ccc(C(=O)N2CCCC2)cc1. The fourth-order valence-electron chi connectivity index (χ4n) is 3.38. The molecular weight excluding hydrogens is 350 g/mol. The number of carbonyl (C=O) groups is 1. The van der Waals surface area contributed by atoms with Gasteiger partial charge < -0.3 is 15.0 Å². The minimum Gasteiger partial charge on any atom is -0.497 e. The first-order valence-corrected chi connectivity index (χ1v) is 9.59. The molecule has 1 aliphatic rings. The minimum absolute atomic E-state index is 0.0794. The van der Waals surface area contributed by atoms with Gasteiger partial charge in [-0.15, -0.1) is 0 Å². The Morgan fingerprint density at radius 2 is 1.93 bits per heavy atom. The number of allylic oxidation sites excluding steroid dienone is 1. The van der Waals surface area contributed by atoms with Gasteiger partial charge in [0.2, 0.25) is 0 Å². The van der Waals surface area contributed by atoms with Crippen LogP contribution < -0.4 is 10.1 Å². The fraction of sp³-hybridized carbons (Fsp3) is 0.304. The Labute approximate surface area is 166 Å². The number of hydrogen-bond donors (Lipinski definition) is 1. The van der Waals surface area contributed by atoms with Gasteiger partial charge >= 0.3 is 0 Å². The summed E-state index contributed by atoms with van der Waals surface area (Å²) in [5.41, 5.74) is 3.78. The van der Waals surface area contributed by atoms with E-state index in [2.05, 4.69) is 11.4 Å². The van der Waals surface area contributed by atoms with Crippen LogP contribution in [0.2, 0.25) is 0 Å². The predicted molar refractivity (Wildman–Crippen MR) is 112 cm³/mol. The molecule has 1 heterocycles. The van der Waals surface area contributed by atoms with Crippen molar-refractivity contribution in [1.29, 1.82) is 5.26 Å². The molecule has 0 radical (unpaired) electrons. The van der Waals surface area contributed by atoms with E-state index >= 15 is 0 Å². The summed E-state index contributed by atoms with van der Waals surface area (Å²) in [7, 11) is 1.61. The van der Waals surface area contributed by atoms with E-state index in [1.54, 1.807) is 7.11 Å². The molecule has 1 saturated heterocycles. The van der Waals surface area contributed by atoms with E-state index in [0.717, 1.165) is 49.3 Å². The van der Waals surface area contributed by atoms with Crippen LogP contribution in [0, 0.1) is 11.3 Å². The summed E-state index contributed by atoms with van der Waals surface area (Å²) in [5, 5.41) is 13.0. The summed E-state index contributed by atoms with van der Waals surface area (Å²) in [6.45, 7) is 4.44. The van der Waals surface area contributed by atoms with Crippen molar-refractivity contribution in [2.24, 2.45) is 0 Å². The second kappa shape index (κ2) is 9.09. The Morgan fingerprint density at radius 1 is 1.21 bits per heavy atom. The van der Waals surface area contributed by atoms with E-state index in [4.69, 9.17) is 4.74 Å². The van der Waals surface area contributed by atoms with E-state index in [0.29, 0.717) is 16.9 Å². The van der Waals surface area contributed by atoms with E-state index in [-0.39, 0.29) is 5.91 Å². The molecule has 3 rings (SSSR count). The van der Waals surface area contributed by atoms with Gasteiger partial charge in [-0.1, -0.05) is 12.1 Å². The molecule has 1 fully saturated rings. The lowest BCUT2D eigenvalue weighted by Gasteiger charge is -2.15. The number of rotatable bonds is 6. The maximum absolute atomic E-state index is 12.5. The lowest BCUT2D eigenvalue weighted by Crippen LogP contribution is -2.27. The highest BCUT2D eigenvalue weighted by Gasteiger charge is 2.19. The smallest absolute Gasteiger partial charge is 0.253 e. The minimum atomic E-state index is 0.0794. The Hall–Kier alpha value is -3.26. The van der Waals surface area contributed by atoms with Gasteiger partial charge in [0.25, 0.3) is 5.91 Å². The van der Waals surface area contributed by atoms with Crippen molar-refractivity contribution < 1.29 is 9.53 Å². The third-order valence-corrected chi connectivity index (χ3v) is 4.87. The van der Waals surface area contributed by atoms with E-state index < -0.39 is 0 Å². The van der Waals surface area contributed by atoms with Gasteiger partial charge in [0.15, 0.2) is 0 Å². The van der Waals surface area contributed by atoms with Gasteiger partial charge in [-0.05, 0) is 61.7 Å². The third kappa shape index (κ3) is 4.34. The number of benzene rings is 2. The van der Waals surface area contributed by atoms with Crippen molar-refractivity contribution in [3.05, 3.63) is 59.2 Å². The van der Waals surface area contributed by atoms with Crippen LogP contribution >= 0.6 is 0 Å². The Balaban J connectivity index is 1.89. The van der Waals surface area contributed by atoms with Crippen LogP contribution in [0.15, 0.2) is 42.5 Å². The summed E-state index contributed by atoms with van der Waals surface area (Å²) < 4.78 is 5.32. The summed E-state index contributed by atoms with van der Waals surface area (Å²) in [5.74, 6) is 0.778. The largest absolute Gasteiger partial charge is 0.497 e. The van der Waals surface area contributed by atoms with E-state index in [1.807, 2.05) is 60.4 Å². The molecule has 1 aliphatic heterocycles. The lowest BCUT2D eigenvalue weighted by molar-refractivity contribution is 0.0793. The van der Waals surface area contributed by atoms with Crippen LogP contribution in [-0.2, 0) is 0 Å². The zero-order valence-corrected chi connectivity index (χ0v) is 16.4. The maximum atomic E-state index is 12.5. The quantitative estimate of drug-likeness (QED) is 0.599. The number of carbonyl (C=O) groups excluding carboxylic acids is 1. The summed E-state index contributed by atoms with van der Waals surface area (Å²) in [6.07, 6.45) is 3.99. The van der Waals surface area contributed by atoms with Crippen molar-refractivity contribution in [3.8, 4) is 11.8 Å². The molecule has 1 amide bonds. The molecule has 0 atom stereocenters. The number of nitrogens with one attached hydrogen (secondary N) is 1. The number of hydrogen-bond acceptors (Lipinski definition) is 4. The Kier molecular flexibility index (Phi) is 6.33. The van der Waals surface area contributed by atoms with Crippen LogP contribution in [0.25, 0.3) is 11.6 Å². The van der Waals surface area contributed by atoms with Crippen molar-refractivity contribution in [1.82, 2.24) is 4.90 Å². The molecule has 0 spiro atoms. The van der Waals surface area contributed by atoms with E-state index in [9.17, 15) is 10.1 Å². The van der Waals surface area contributed by atoms with Crippen molar-refractivity contribution in [2.45, 2.75) is 19.8 Å². The number of anilines is 1. The number of methoxy groups -OCH3 is 1. The highest BCUT2D eigenvalue weighted by atomic mass is 16.5. The molecule has 0 unspecified atom stereocenters. The number of likely N-dealkylation sites (tertiary alicyclic amines) is 1. The highest BCUT2D eigenvalue weighted by Crippen LogP contribution is 2.29. The van der Waals surface area contributed by atoms with Crippen LogP contribution in [0.3, 0.4) is 0 Å². The summed E-state index contributed by atoms with van der Waals surface area (Å²) in [6, 6.07) is 15.4. The van der Waals surface area contributed by atoms with Crippen LogP contribution in [0.5, 0.6) is 5.75 Å². The zero-order chi connectivity index (χ0) is 19.9. The Bertz CT molecular complexity index is 904. The summed E-state index contributed by atoms with van der Waals surface area (Å²) in [4.78, 5) is 14.4. The number of amides is 1. The number of ether oxygens (including phenoxy) is 1. The zero-order valence-electron chi connectivity index (χ0n) is 16.4. The second-order valence-electron chi connectivity index (χ2n) is 6.73. The Morgan fingerprint density at radius 3 is 2.54 bits per heavy atom. The molecule has 144 valence electrons. The second-order valence-corrected chi connectivity index (χ2v) is 6.73. The predicted octanol–water partition coefficient (Wildman–Crippen LogP) is 4.43. The molecular formula is C23H25N3O2. The molecule has 5 heteroatoms. The number of nitrogens with zero attached hydrogens (tertiary/aromatic N) is 2. The van der Waals surface area contributed by atoms with Crippen molar-refractivity contribution >= 4 is 23.2 Å². The van der Waals surface area contributed by atoms with Gasteiger partial charge in [0, 0.05) is 36.4 Å². The van der Waals surface area contributed by atoms with Crippen molar-refractivity contribution in [2.75, 3.05) is 32.1 Å². The van der Waals surface area contributed by atoms with Gasteiger partial charge in [-0.2, -0.15) is 5.26 Å². The maximum Gasteiger partial charge on any atom is 0.253 e. The normalized spacial score (nSPS) is 13.9. The van der Waals surface area contributed by atoms with Gasteiger partial charge in [0.05, 0.1) is 18.8 Å². The van der Waals surface area contributed by atoms with Crippen molar-refractivity contribution in [3.63, 3.8) is 0 Å². The van der Waals surface area contributed by atoms with Gasteiger partial charge in [-0.3, -0.25) is 4.79 Å². The van der Waals surface area contributed by atoms with Gasteiger partial charge in [-0.25, -0.2) is 0 Å². The van der Waals surface area contributed by atoms with Crippen LogP contribution in [0.4, 0.5) is 5.69 Å². The fourth-order valence-corrected chi connectivity index (χ4v) is 3.38. The first kappa shape index (κ1) is 19.5. The lowest BCUT2D eigenvalue weighted by atomic mass is 10.0. The molecule has 1 N–H and O–H groups in total. The highest BCUT2D eigenvalue weighted by molar-refractivity contribution is 5.96. The monoisotopic (exact) mass is 375 g/mol. The first-order chi connectivity index (χ1) is 13.7.